The van der Waals surface area contributed by atoms with E-state index in [4.69, 9.17) is 5.73 Å². The van der Waals surface area contributed by atoms with Crippen molar-refractivity contribution in [1.29, 1.82) is 0 Å². The van der Waals surface area contributed by atoms with E-state index >= 15 is 0 Å². The van der Waals surface area contributed by atoms with E-state index < -0.39 is 16.8 Å². The van der Waals surface area contributed by atoms with Gasteiger partial charge in [0, 0.05) is 18.2 Å². The Kier molecular flexibility index (Phi) is 2.89. The highest BCUT2D eigenvalue weighted by atomic mass is 19.4. The van der Waals surface area contributed by atoms with Gasteiger partial charge < -0.3 is 5.73 Å². The highest BCUT2D eigenvalue weighted by Crippen LogP contribution is 2.32. The molecular formula is C10H7F3N4O2. The van der Waals surface area contributed by atoms with Crippen LogP contribution in [0.5, 0.6) is 0 Å². The van der Waals surface area contributed by atoms with E-state index in [1.807, 2.05) is 0 Å². The van der Waals surface area contributed by atoms with Crippen LogP contribution in [0.2, 0.25) is 0 Å². The summed E-state index contributed by atoms with van der Waals surface area (Å²) in [5.74, 6) is -0.321. The van der Waals surface area contributed by atoms with Gasteiger partial charge in [0.1, 0.15) is 11.5 Å². The predicted octanol–water partition coefficient (Wildman–Crippen LogP) is 2.38. The summed E-state index contributed by atoms with van der Waals surface area (Å²) in [5.41, 5.74) is 3.73. The molecule has 2 aromatic rings. The van der Waals surface area contributed by atoms with Gasteiger partial charge in [-0.1, -0.05) is 6.07 Å². The van der Waals surface area contributed by atoms with E-state index in [1.165, 1.54) is 18.2 Å². The first-order chi connectivity index (χ1) is 8.79. The zero-order valence-corrected chi connectivity index (χ0v) is 9.26. The number of nitro groups is 1. The van der Waals surface area contributed by atoms with Gasteiger partial charge in [0.25, 0.3) is 5.69 Å². The number of hydrogen-bond acceptors (Lipinski definition) is 4. The minimum Gasteiger partial charge on any atom is -0.382 e. The quantitative estimate of drug-likeness (QED) is 0.671. The Bertz CT molecular complexity index is 636. The number of aromatic nitrogens is 2. The maximum Gasteiger partial charge on any atom is 0.433 e. The van der Waals surface area contributed by atoms with E-state index in [0.717, 1.165) is 6.07 Å². The number of nitrogens with zero attached hydrogens (tertiary/aromatic N) is 3. The number of nitrogens with two attached hydrogens (primary N) is 1. The summed E-state index contributed by atoms with van der Waals surface area (Å²) >= 11 is 0. The van der Waals surface area contributed by atoms with Crippen LogP contribution in [-0.2, 0) is 6.18 Å². The number of rotatable bonds is 2. The topological polar surface area (TPSA) is 87.0 Å². The lowest BCUT2D eigenvalue weighted by atomic mass is 10.2. The second-order valence-corrected chi connectivity index (χ2v) is 3.64. The smallest absolute Gasteiger partial charge is 0.382 e. The van der Waals surface area contributed by atoms with Gasteiger partial charge in [0.2, 0.25) is 0 Å². The molecule has 0 aliphatic heterocycles. The van der Waals surface area contributed by atoms with Crippen molar-refractivity contribution < 1.29 is 18.1 Å². The van der Waals surface area contributed by atoms with E-state index in [-0.39, 0.29) is 17.2 Å². The van der Waals surface area contributed by atoms with Gasteiger partial charge >= 0.3 is 6.18 Å². The molecule has 2 N–H and O–H groups in total. The summed E-state index contributed by atoms with van der Waals surface area (Å²) in [6, 6.07) is 5.37. The Morgan fingerprint density at radius 2 is 2.00 bits per heavy atom. The molecular weight excluding hydrogens is 265 g/mol. The molecule has 0 saturated carbocycles. The molecule has 0 fully saturated rings. The molecule has 9 heteroatoms. The summed E-state index contributed by atoms with van der Waals surface area (Å²) in [5, 5.41) is 14.1. The SMILES string of the molecule is Nc1cc(C(F)(F)F)n(-c2cccc([N+](=O)[O-])c2)n1. The maximum atomic E-state index is 12.8. The maximum absolute atomic E-state index is 12.8. The van der Waals surface area contributed by atoms with Crippen molar-refractivity contribution in [2.45, 2.75) is 6.18 Å². The molecule has 0 aliphatic rings. The Morgan fingerprint density at radius 1 is 1.32 bits per heavy atom. The average Bonchev–Trinajstić information content (AvgIpc) is 2.71. The minimum atomic E-state index is -4.66. The monoisotopic (exact) mass is 272 g/mol. The molecule has 6 nitrogen and oxygen atoms in total. The molecule has 0 amide bonds. The molecule has 0 unspecified atom stereocenters. The Balaban J connectivity index is 2.59. The average molecular weight is 272 g/mol. The van der Waals surface area contributed by atoms with Gasteiger partial charge in [-0.25, -0.2) is 4.68 Å². The van der Waals surface area contributed by atoms with Crippen LogP contribution < -0.4 is 5.73 Å². The third-order valence-corrected chi connectivity index (χ3v) is 2.30. The lowest BCUT2D eigenvalue weighted by molar-refractivity contribution is -0.384. The Labute approximate surface area is 104 Å². The largest absolute Gasteiger partial charge is 0.433 e. The van der Waals surface area contributed by atoms with Crippen LogP contribution in [0.15, 0.2) is 30.3 Å². The second kappa shape index (κ2) is 4.26. The van der Waals surface area contributed by atoms with Crippen LogP contribution >= 0.6 is 0 Å². The van der Waals surface area contributed by atoms with Gasteiger partial charge in [-0.15, -0.1) is 0 Å². The molecule has 100 valence electrons. The van der Waals surface area contributed by atoms with Crippen molar-refractivity contribution in [2.24, 2.45) is 0 Å². The number of alkyl halides is 3. The van der Waals surface area contributed by atoms with Crippen molar-refractivity contribution in [3.63, 3.8) is 0 Å². The molecule has 0 radical (unpaired) electrons. The van der Waals surface area contributed by atoms with E-state index in [1.54, 1.807) is 0 Å². The van der Waals surface area contributed by atoms with Gasteiger partial charge in [0.15, 0.2) is 0 Å². The van der Waals surface area contributed by atoms with Crippen LogP contribution in [-0.4, -0.2) is 14.7 Å². The molecule has 0 bridgehead atoms. The van der Waals surface area contributed by atoms with Gasteiger partial charge in [-0.3, -0.25) is 10.1 Å². The number of anilines is 1. The Hall–Kier alpha value is -2.58. The summed E-state index contributed by atoms with van der Waals surface area (Å²) in [6.45, 7) is 0. The zero-order chi connectivity index (χ0) is 14.2. The van der Waals surface area contributed by atoms with Gasteiger partial charge in [-0.05, 0) is 6.07 Å². The number of non-ortho nitro benzene ring substituents is 1. The standard InChI is InChI=1S/C10H7F3N4O2/c11-10(12,13)8-5-9(14)15-16(8)6-2-1-3-7(4-6)17(18)19/h1-5H,(H2,14,15). The molecule has 2 rings (SSSR count). The number of nitrogen functional groups attached to an aromatic ring is 1. The van der Waals surface area contributed by atoms with Crippen LogP contribution in [0, 0.1) is 10.1 Å². The molecule has 19 heavy (non-hydrogen) atoms. The number of hydrogen-bond donors (Lipinski definition) is 1. The molecule has 0 aliphatic carbocycles. The van der Waals surface area contributed by atoms with E-state index in [2.05, 4.69) is 5.10 Å². The number of nitro benzene ring substituents is 1. The molecule has 1 aromatic heterocycles. The van der Waals surface area contributed by atoms with Crippen LogP contribution in [0.25, 0.3) is 5.69 Å². The third-order valence-electron chi connectivity index (χ3n) is 2.30. The van der Waals surface area contributed by atoms with Gasteiger partial charge in [-0.2, -0.15) is 18.3 Å². The lowest BCUT2D eigenvalue weighted by Gasteiger charge is -2.09. The molecule has 0 spiro atoms. The van der Waals surface area contributed by atoms with Crippen LogP contribution in [0.3, 0.4) is 0 Å². The molecule has 1 aromatic carbocycles. The number of halogens is 3. The second-order valence-electron chi connectivity index (χ2n) is 3.64. The van der Waals surface area contributed by atoms with Crippen molar-refractivity contribution in [3.8, 4) is 5.69 Å². The normalized spacial score (nSPS) is 11.5. The van der Waals surface area contributed by atoms with E-state index in [0.29, 0.717) is 10.7 Å². The van der Waals surface area contributed by atoms with Crippen molar-refractivity contribution in [3.05, 3.63) is 46.1 Å². The zero-order valence-electron chi connectivity index (χ0n) is 9.26. The first kappa shape index (κ1) is 12.9. The fraction of sp³-hybridized carbons (Fsp3) is 0.100. The molecule has 0 saturated heterocycles. The number of benzene rings is 1. The lowest BCUT2D eigenvalue weighted by Crippen LogP contribution is -2.13. The fourth-order valence-corrected chi connectivity index (χ4v) is 1.54. The highest BCUT2D eigenvalue weighted by molar-refractivity contribution is 5.46. The summed E-state index contributed by atoms with van der Waals surface area (Å²) < 4.78 is 38.8. The summed E-state index contributed by atoms with van der Waals surface area (Å²) in [6.07, 6.45) is -4.66. The first-order valence-electron chi connectivity index (χ1n) is 4.96. The van der Waals surface area contributed by atoms with Crippen molar-refractivity contribution in [1.82, 2.24) is 9.78 Å². The van der Waals surface area contributed by atoms with E-state index in [9.17, 15) is 23.3 Å². The van der Waals surface area contributed by atoms with Crippen LogP contribution in [0.1, 0.15) is 5.69 Å². The highest BCUT2D eigenvalue weighted by Gasteiger charge is 2.36. The summed E-state index contributed by atoms with van der Waals surface area (Å²) in [7, 11) is 0. The minimum absolute atomic E-state index is 0.0850. The first-order valence-corrected chi connectivity index (χ1v) is 4.96. The van der Waals surface area contributed by atoms with Crippen LogP contribution in [0.4, 0.5) is 24.7 Å². The predicted molar refractivity (Wildman–Crippen MR) is 59.6 cm³/mol. The summed E-state index contributed by atoms with van der Waals surface area (Å²) in [4.78, 5) is 9.90. The van der Waals surface area contributed by atoms with Crippen molar-refractivity contribution in [2.75, 3.05) is 5.73 Å². The van der Waals surface area contributed by atoms with Crippen molar-refractivity contribution >= 4 is 11.5 Å². The molecule has 1 heterocycles. The van der Waals surface area contributed by atoms with Gasteiger partial charge in [0.05, 0.1) is 10.6 Å². The molecule has 0 atom stereocenters. The fourth-order valence-electron chi connectivity index (χ4n) is 1.54. The Morgan fingerprint density at radius 3 is 2.58 bits per heavy atom. The third kappa shape index (κ3) is 2.49.